The van der Waals surface area contributed by atoms with Gasteiger partial charge in [0.05, 0.1) is 11.5 Å². The highest BCUT2D eigenvalue weighted by Crippen LogP contribution is 2.36. The van der Waals surface area contributed by atoms with E-state index in [9.17, 15) is 8.42 Å². The molecule has 0 bridgehead atoms. The van der Waals surface area contributed by atoms with Crippen LogP contribution in [-0.4, -0.2) is 25.5 Å². The second-order valence-electron chi connectivity index (χ2n) is 4.75. The summed E-state index contributed by atoms with van der Waals surface area (Å²) in [5.41, 5.74) is 5.38. The van der Waals surface area contributed by atoms with Crippen LogP contribution in [0.4, 0.5) is 0 Å². The number of hydrogen-bond donors (Lipinski definition) is 1. The largest absolute Gasteiger partial charge is 0.324 e. The number of nitrogens with two attached hydrogens (primary N) is 1. The van der Waals surface area contributed by atoms with Crippen LogP contribution in [0.1, 0.15) is 27.2 Å². The summed E-state index contributed by atoms with van der Waals surface area (Å²) in [6.45, 7) is 5.98. The molecule has 0 saturated carbocycles. The van der Waals surface area contributed by atoms with Gasteiger partial charge in [-0.3, -0.25) is 0 Å². The van der Waals surface area contributed by atoms with Crippen molar-refractivity contribution < 1.29 is 8.42 Å². The molecule has 0 aromatic heterocycles. The number of rotatable bonds is 0. The summed E-state index contributed by atoms with van der Waals surface area (Å²) in [6.07, 6.45) is 0.596. The molecule has 1 unspecified atom stereocenters. The van der Waals surface area contributed by atoms with Crippen molar-refractivity contribution in [2.24, 2.45) is 11.1 Å². The molecule has 0 radical (unpaired) electrons. The lowest BCUT2D eigenvalue weighted by atomic mass is 9.74. The predicted molar refractivity (Wildman–Crippen MR) is 49.6 cm³/mol. The Hall–Kier alpha value is -0.0900. The van der Waals surface area contributed by atoms with Gasteiger partial charge in [-0.2, -0.15) is 0 Å². The molecule has 1 fully saturated rings. The molecule has 0 aromatic rings. The standard InChI is InChI=1S/C8H17NO2S/c1-7(2,3)8(9)4-5-12(10,11)6-8/h4-6,9H2,1-3H3. The molecule has 0 aromatic carbocycles. The molecule has 3 nitrogen and oxygen atoms in total. The quantitative estimate of drug-likeness (QED) is 0.608. The highest BCUT2D eigenvalue weighted by Gasteiger charge is 2.46. The summed E-state index contributed by atoms with van der Waals surface area (Å²) in [5.74, 6) is 0.393. The molecule has 1 saturated heterocycles. The minimum Gasteiger partial charge on any atom is -0.324 e. The number of hydrogen-bond acceptors (Lipinski definition) is 3. The maximum absolute atomic E-state index is 11.2. The van der Waals surface area contributed by atoms with Crippen LogP contribution < -0.4 is 5.73 Å². The smallest absolute Gasteiger partial charge is 0.152 e. The average molecular weight is 191 g/mol. The van der Waals surface area contributed by atoms with Crippen LogP contribution in [0.2, 0.25) is 0 Å². The van der Waals surface area contributed by atoms with Crippen molar-refractivity contribution in [3.63, 3.8) is 0 Å². The fourth-order valence-corrected chi connectivity index (χ4v) is 3.65. The van der Waals surface area contributed by atoms with Gasteiger partial charge in [-0.15, -0.1) is 0 Å². The van der Waals surface area contributed by atoms with Gasteiger partial charge in [-0.25, -0.2) is 8.42 Å². The first-order valence-electron chi connectivity index (χ1n) is 4.16. The Morgan fingerprint density at radius 2 is 1.83 bits per heavy atom. The van der Waals surface area contributed by atoms with E-state index in [0.29, 0.717) is 6.42 Å². The van der Waals surface area contributed by atoms with Gasteiger partial charge in [-0.05, 0) is 11.8 Å². The molecule has 0 spiro atoms. The summed E-state index contributed by atoms with van der Waals surface area (Å²) in [6, 6.07) is 0. The monoisotopic (exact) mass is 191 g/mol. The second kappa shape index (κ2) is 2.45. The zero-order valence-corrected chi connectivity index (χ0v) is 8.74. The lowest BCUT2D eigenvalue weighted by molar-refractivity contribution is 0.215. The first kappa shape index (κ1) is 9.99. The van der Waals surface area contributed by atoms with Crippen LogP contribution in [-0.2, 0) is 9.84 Å². The molecule has 4 heteroatoms. The van der Waals surface area contributed by atoms with Crippen LogP contribution in [0.15, 0.2) is 0 Å². The molecule has 1 aliphatic heterocycles. The van der Waals surface area contributed by atoms with E-state index in [2.05, 4.69) is 0 Å². The van der Waals surface area contributed by atoms with Crippen molar-refractivity contribution in [3.05, 3.63) is 0 Å². The van der Waals surface area contributed by atoms with Crippen LogP contribution in [0.5, 0.6) is 0 Å². The zero-order chi connectivity index (χ0) is 9.62. The lowest BCUT2D eigenvalue weighted by Crippen LogP contribution is -2.52. The molecule has 72 valence electrons. The fourth-order valence-electron chi connectivity index (χ4n) is 1.47. The van der Waals surface area contributed by atoms with Crippen LogP contribution >= 0.6 is 0 Å². The van der Waals surface area contributed by atoms with Gasteiger partial charge in [0.25, 0.3) is 0 Å². The van der Waals surface area contributed by atoms with Gasteiger partial charge in [0, 0.05) is 5.54 Å². The van der Waals surface area contributed by atoms with Crippen molar-refractivity contribution in [3.8, 4) is 0 Å². The van der Waals surface area contributed by atoms with Crippen molar-refractivity contribution in [2.75, 3.05) is 11.5 Å². The third-order valence-electron chi connectivity index (χ3n) is 2.83. The minimum atomic E-state index is -2.86. The highest BCUT2D eigenvalue weighted by molar-refractivity contribution is 7.91. The molecule has 1 aliphatic rings. The molecule has 1 rings (SSSR count). The normalized spacial score (nSPS) is 35.3. The Morgan fingerprint density at radius 3 is 2.00 bits per heavy atom. The molecule has 1 atom stereocenters. The zero-order valence-electron chi connectivity index (χ0n) is 7.92. The SMILES string of the molecule is CC(C)(C)C1(N)CCS(=O)(=O)C1. The van der Waals surface area contributed by atoms with E-state index in [1.54, 1.807) is 0 Å². The van der Waals surface area contributed by atoms with E-state index in [-0.39, 0.29) is 16.9 Å². The summed E-state index contributed by atoms with van der Waals surface area (Å²) in [4.78, 5) is 0. The van der Waals surface area contributed by atoms with Gasteiger partial charge < -0.3 is 5.73 Å². The average Bonchev–Trinajstić information content (AvgIpc) is 2.05. The van der Waals surface area contributed by atoms with Crippen LogP contribution in [0.25, 0.3) is 0 Å². The lowest BCUT2D eigenvalue weighted by Gasteiger charge is -2.37. The van der Waals surface area contributed by atoms with Crippen LogP contribution in [0, 0.1) is 5.41 Å². The Balaban J connectivity index is 2.93. The maximum Gasteiger partial charge on any atom is 0.152 e. The van der Waals surface area contributed by atoms with E-state index in [1.807, 2.05) is 20.8 Å². The third kappa shape index (κ3) is 1.64. The molecule has 0 aliphatic carbocycles. The Morgan fingerprint density at radius 1 is 1.33 bits per heavy atom. The predicted octanol–water partition coefficient (Wildman–Crippen LogP) is 0.549. The molecule has 12 heavy (non-hydrogen) atoms. The van der Waals surface area contributed by atoms with E-state index in [4.69, 9.17) is 5.73 Å². The van der Waals surface area contributed by atoms with Crippen molar-refractivity contribution >= 4 is 9.84 Å². The summed E-state index contributed by atoms with van der Waals surface area (Å²) in [7, 11) is -2.86. The number of sulfone groups is 1. The minimum absolute atomic E-state index is 0.128. The van der Waals surface area contributed by atoms with Crippen LogP contribution in [0.3, 0.4) is 0 Å². The van der Waals surface area contributed by atoms with Crippen molar-refractivity contribution in [1.82, 2.24) is 0 Å². The summed E-state index contributed by atoms with van der Waals surface area (Å²) >= 11 is 0. The third-order valence-corrected chi connectivity index (χ3v) is 4.61. The molecule has 2 N–H and O–H groups in total. The van der Waals surface area contributed by atoms with Crippen molar-refractivity contribution in [2.45, 2.75) is 32.7 Å². The van der Waals surface area contributed by atoms with E-state index in [0.717, 1.165) is 0 Å². The van der Waals surface area contributed by atoms with Gasteiger partial charge >= 0.3 is 0 Å². The highest BCUT2D eigenvalue weighted by atomic mass is 32.2. The molecular weight excluding hydrogens is 174 g/mol. The van der Waals surface area contributed by atoms with Gasteiger partial charge in [0.1, 0.15) is 0 Å². The van der Waals surface area contributed by atoms with E-state index < -0.39 is 15.4 Å². The first-order valence-corrected chi connectivity index (χ1v) is 5.98. The van der Waals surface area contributed by atoms with E-state index in [1.165, 1.54) is 0 Å². The van der Waals surface area contributed by atoms with Crippen molar-refractivity contribution in [1.29, 1.82) is 0 Å². The fraction of sp³-hybridized carbons (Fsp3) is 1.00. The Bertz CT molecular complexity index is 276. The topological polar surface area (TPSA) is 60.2 Å². The molecular formula is C8H17NO2S. The van der Waals surface area contributed by atoms with Gasteiger partial charge in [-0.1, -0.05) is 20.8 Å². The molecule has 1 heterocycles. The summed E-state index contributed by atoms with van der Waals surface area (Å²) in [5, 5.41) is 0. The van der Waals surface area contributed by atoms with Gasteiger partial charge in [0.2, 0.25) is 0 Å². The second-order valence-corrected chi connectivity index (χ2v) is 6.93. The first-order chi connectivity index (χ1) is 5.16. The Kier molecular flexibility index (Phi) is 2.04. The van der Waals surface area contributed by atoms with E-state index >= 15 is 0 Å². The van der Waals surface area contributed by atoms with Gasteiger partial charge in [0.15, 0.2) is 9.84 Å². The summed E-state index contributed by atoms with van der Waals surface area (Å²) < 4.78 is 22.4. The Labute approximate surface area is 74.3 Å². The maximum atomic E-state index is 11.2. The molecule has 0 amide bonds.